The van der Waals surface area contributed by atoms with Crippen molar-refractivity contribution >= 4 is 38.9 Å². The minimum Gasteiger partial charge on any atom is -0.506 e. The van der Waals surface area contributed by atoms with E-state index in [1.165, 1.54) is 22.5 Å². The van der Waals surface area contributed by atoms with E-state index in [9.17, 15) is 23.1 Å². The summed E-state index contributed by atoms with van der Waals surface area (Å²) in [6.07, 6.45) is 4.68. The summed E-state index contributed by atoms with van der Waals surface area (Å²) in [6, 6.07) is 21.1. The molecule has 0 unspecified atom stereocenters. The highest BCUT2D eigenvalue weighted by Gasteiger charge is 2.41. The van der Waals surface area contributed by atoms with E-state index in [4.69, 9.17) is 0 Å². The van der Waals surface area contributed by atoms with Gasteiger partial charge in [-0.15, -0.1) is 0 Å². The maximum Gasteiger partial charge on any atom is 0.269 e. The first-order valence-corrected chi connectivity index (χ1v) is 13.8. The number of amides is 2. The predicted octanol–water partition coefficient (Wildman–Crippen LogP) is 5.25. The summed E-state index contributed by atoms with van der Waals surface area (Å²) < 4.78 is 28.6. The van der Waals surface area contributed by atoms with Crippen molar-refractivity contribution in [3.8, 4) is 0 Å². The molecular formula is C29H28N2O5S. The van der Waals surface area contributed by atoms with Crippen molar-refractivity contribution in [2.45, 2.75) is 43.0 Å². The molecule has 1 aliphatic carbocycles. The Morgan fingerprint density at radius 1 is 0.892 bits per heavy atom. The Morgan fingerprint density at radius 3 is 2.11 bits per heavy atom. The molecule has 190 valence electrons. The van der Waals surface area contributed by atoms with Gasteiger partial charge in [0.2, 0.25) is 10.0 Å². The molecule has 1 aliphatic heterocycles. The molecule has 1 saturated carbocycles. The van der Waals surface area contributed by atoms with Crippen LogP contribution < -0.4 is 4.90 Å². The van der Waals surface area contributed by atoms with Crippen LogP contribution in [0.2, 0.25) is 0 Å². The van der Waals surface area contributed by atoms with E-state index in [2.05, 4.69) is 0 Å². The van der Waals surface area contributed by atoms with Gasteiger partial charge in [-0.3, -0.25) is 9.59 Å². The van der Waals surface area contributed by atoms with Crippen LogP contribution >= 0.6 is 0 Å². The van der Waals surface area contributed by atoms with Crippen molar-refractivity contribution in [3.63, 3.8) is 0 Å². The number of benzene rings is 3. The van der Waals surface area contributed by atoms with E-state index in [0.717, 1.165) is 37.0 Å². The summed E-state index contributed by atoms with van der Waals surface area (Å²) in [7, 11) is -2.28. The minimum atomic E-state index is -3.87. The molecule has 0 atom stereocenters. The summed E-state index contributed by atoms with van der Waals surface area (Å²) >= 11 is 0. The van der Waals surface area contributed by atoms with Crippen LogP contribution in [-0.2, 0) is 14.8 Å². The summed E-state index contributed by atoms with van der Waals surface area (Å²) in [5, 5.41) is 11.2. The number of carbonyl (C=O) groups excluding carboxylic acids is 2. The number of anilines is 1. The molecule has 0 spiro atoms. The van der Waals surface area contributed by atoms with Gasteiger partial charge in [0.1, 0.15) is 5.76 Å². The molecule has 0 radical (unpaired) electrons. The van der Waals surface area contributed by atoms with Crippen LogP contribution in [0.4, 0.5) is 5.69 Å². The van der Waals surface area contributed by atoms with E-state index < -0.39 is 21.8 Å². The van der Waals surface area contributed by atoms with Crippen LogP contribution in [0.15, 0.2) is 83.8 Å². The normalized spacial score (nSPS) is 17.7. The van der Waals surface area contributed by atoms with Crippen molar-refractivity contribution in [1.29, 1.82) is 0 Å². The molecular weight excluding hydrogens is 488 g/mol. The summed E-state index contributed by atoms with van der Waals surface area (Å²) in [5.74, 6) is -1.58. The average Bonchev–Trinajstić information content (AvgIpc) is 3.24. The predicted molar refractivity (Wildman–Crippen MR) is 142 cm³/mol. The van der Waals surface area contributed by atoms with Gasteiger partial charge in [0.15, 0.2) is 0 Å². The van der Waals surface area contributed by atoms with E-state index >= 15 is 0 Å². The molecule has 3 aromatic rings. The second-order valence-corrected chi connectivity index (χ2v) is 11.4. The zero-order chi connectivity index (χ0) is 26.2. The van der Waals surface area contributed by atoms with Crippen molar-refractivity contribution in [2.75, 3.05) is 11.9 Å². The number of aliphatic hydroxyl groups is 1. The largest absolute Gasteiger partial charge is 0.506 e. The van der Waals surface area contributed by atoms with Crippen LogP contribution in [0.3, 0.4) is 0 Å². The Labute approximate surface area is 216 Å². The number of imide groups is 1. The number of carbonyl (C=O) groups is 2. The highest BCUT2D eigenvalue weighted by atomic mass is 32.2. The average molecular weight is 517 g/mol. The second-order valence-electron chi connectivity index (χ2n) is 9.39. The summed E-state index contributed by atoms with van der Waals surface area (Å²) in [4.78, 5) is 28.1. The van der Waals surface area contributed by atoms with Crippen LogP contribution in [0.1, 0.15) is 53.6 Å². The van der Waals surface area contributed by atoms with Gasteiger partial charge < -0.3 is 5.11 Å². The van der Waals surface area contributed by atoms with Crippen molar-refractivity contribution < 1.29 is 23.1 Å². The monoisotopic (exact) mass is 516 g/mol. The van der Waals surface area contributed by atoms with E-state index in [-0.39, 0.29) is 33.5 Å². The Morgan fingerprint density at radius 2 is 1.49 bits per heavy atom. The molecule has 5 rings (SSSR count). The van der Waals surface area contributed by atoms with Gasteiger partial charge in [-0.2, -0.15) is 4.31 Å². The lowest BCUT2D eigenvalue weighted by Gasteiger charge is -2.30. The maximum absolute atomic E-state index is 13.7. The lowest BCUT2D eigenvalue weighted by Crippen LogP contribution is -2.38. The van der Waals surface area contributed by atoms with Crippen molar-refractivity contribution in [2.24, 2.45) is 0 Å². The zero-order valence-corrected chi connectivity index (χ0v) is 21.3. The molecule has 1 fully saturated rings. The Hall–Kier alpha value is -3.75. The van der Waals surface area contributed by atoms with Gasteiger partial charge in [-0.05, 0) is 43.2 Å². The molecule has 0 bridgehead atoms. The van der Waals surface area contributed by atoms with Gasteiger partial charge in [-0.1, -0.05) is 67.8 Å². The Bertz CT molecular complexity index is 1480. The first-order valence-electron chi connectivity index (χ1n) is 12.4. The molecule has 7 nitrogen and oxygen atoms in total. The Balaban J connectivity index is 1.64. The number of sulfonamides is 1. The first-order chi connectivity index (χ1) is 17.8. The highest BCUT2D eigenvalue weighted by Crippen LogP contribution is 2.42. The maximum atomic E-state index is 13.7. The molecule has 0 saturated heterocycles. The highest BCUT2D eigenvalue weighted by molar-refractivity contribution is 7.89. The number of aliphatic hydroxyl groups excluding tert-OH is 1. The molecule has 2 amide bonds. The first kappa shape index (κ1) is 24.9. The second kappa shape index (κ2) is 9.95. The fourth-order valence-electron chi connectivity index (χ4n) is 5.10. The summed E-state index contributed by atoms with van der Waals surface area (Å²) in [5.41, 5.74) is 1.02. The molecule has 0 aromatic heterocycles. The van der Waals surface area contributed by atoms with Gasteiger partial charge >= 0.3 is 0 Å². The van der Waals surface area contributed by atoms with Crippen LogP contribution in [0.5, 0.6) is 0 Å². The third-order valence-electron chi connectivity index (χ3n) is 7.17. The molecule has 1 N–H and O–H groups in total. The summed E-state index contributed by atoms with van der Waals surface area (Å²) in [6.45, 7) is 0. The fraction of sp³-hybridized carbons (Fsp3) is 0.241. The number of rotatable bonds is 5. The lowest BCUT2D eigenvalue weighted by molar-refractivity contribution is -0.112. The minimum absolute atomic E-state index is 0.0134. The van der Waals surface area contributed by atoms with Crippen molar-refractivity contribution in [3.05, 3.63) is 95.6 Å². The molecule has 37 heavy (non-hydrogen) atoms. The number of fused-ring (bicyclic) bond motifs is 1. The fourth-order valence-corrected chi connectivity index (χ4v) is 6.54. The van der Waals surface area contributed by atoms with E-state index in [1.54, 1.807) is 67.7 Å². The molecule has 3 aromatic carbocycles. The standard InChI is InChI=1S/C29H28N2O5S/c1-30(22-15-9-4-10-16-22)37(35,36)23-17-18-25-24(19-23)26(27(32)20-11-5-2-6-12-20)29(34)31(25)28(33)21-13-7-3-8-14-21/h2-3,5-8,11-14,17-19,22,32H,4,9-10,15-16H2,1H3/b27-26-. The third kappa shape index (κ3) is 4.47. The smallest absolute Gasteiger partial charge is 0.269 e. The van der Waals surface area contributed by atoms with Crippen molar-refractivity contribution in [1.82, 2.24) is 4.31 Å². The topological polar surface area (TPSA) is 95.0 Å². The van der Waals surface area contributed by atoms with Gasteiger partial charge in [0.05, 0.1) is 16.2 Å². The quantitative estimate of drug-likeness (QED) is 0.284. The molecule has 1 heterocycles. The van der Waals surface area contributed by atoms with Crippen LogP contribution in [-0.4, -0.2) is 42.7 Å². The molecule has 2 aliphatic rings. The molecule has 8 heteroatoms. The third-order valence-corrected chi connectivity index (χ3v) is 9.08. The van der Waals surface area contributed by atoms with E-state index in [0.29, 0.717) is 11.1 Å². The number of nitrogens with zero attached hydrogens (tertiary/aromatic N) is 2. The van der Waals surface area contributed by atoms with Gasteiger partial charge in [0, 0.05) is 29.8 Å². The SMILES string of the molecule is CN(C1CCCCC1)S(=O)(=O)c1ccc2c(c1)/C(=C(/O)c1ccccc1)C(=O)N2C(=O)c1ccccc1. The van der Waals surface area contributed by atoms with Crippen LogP contribution in [0.25, 0.3) is 11.3 Å². The van der Waals surface area contributed by atoms with E-state index in [1.807, 2.05) is 0 Å². The zero-order valence-electron chi connectivity index (χ0n) is 20.5. The number of hydrogen-bond acceptors (Lipinski definition) is 5. The number of hydrogen-bond donors (Lipinski definition) is 1. The van der Waals surface area contributed by atoms with Crippen LogP contribution in [0, 0.1) is 0 Å². The Kier molecular flexibility index (Phi) is 6.70. The van der Waals surface area contributed by atoms with Gasteiger partial charge in [0.25, 0.3) is 11.8 Å². The van der Waals surface area contributed by atoms with Gasteiger partial charge in [-0.25, -0.2) is 13.3 Å². The lowest BCUT2D eigenvalue weighted by atomic mass is 9.96.